The van der Waals surface area contributed by atoms with Gasteiger partial charge in [0.2, 0.25) is 5.12 Å². The average molecular weight is 253 g/mol. The number of carboxylic acid groups (broad SMARTS) is 1. The number of aliphatic carboxylic acids is 1. The zero-order valence-corrected chi connectivity index (χ0v) is 10.4. The maximum Gasteiger partial charge on any atom is 0.320 e. The summed E-state index contributed by atoms with van der Waals surface area (Å²) < 4.78 is 0. The standard InChI is InChI=1S/C12H15NO3S/c1-2-17-12(16)9-5-3-8(4-6-9)7-10(13)11(14)15/h3-6,10H,2,7,13H2,1H3,(H,14,15). The Kier molecular flexibility index (Phi) is 5.18. The molecule has 1 aromatic rings. The lowest BCUT2D eigenvalue weighted by atomic mass is 10.1. The Hall–Kier alpha value is -1.33. The number of carboxylic acids is 1. The predicted molar refractivity (Wildman–Crippen MR) is 68.2 cm³/mol. The molecule has 0 spiro atoms. The van der Waals surface area contributed by atoms with E-state index in [1.165, 1.54) is 11.8 Å². The topological polar surface area (TPSA) is 80.4 Å². The van der Waals surface area contributed by atoms with Crippen LogP contribution in [-0.4, -0.2) is 28.0 Å². The van der Waals surface area contributed by atoms with Crippen LogP contribution in [0.1, 0.15) is 22.8 Å². The van der Waals surface area contributed by atoms with Gasteiger partial charge in [-0.15, -0.1) is 0 Å². The molecule has 0 bridgehead atoms. The average Bonchev–Trinajstić information content (AvgIpc) is 2.30. The van der Waals surface area contributed by atoms with Crippen LogP contribution in [-0.2, 0) is 11.2 Å². The van der Waals surface area contributed by atoms with E-state index in [-0.39, 0.29) is 11.5 Å². The first-order chi connectivity index (χ1) is 8.04. The number of rotatable bonds is 5. The summed E-state index contributed by atoms with van der Waals surface area (Å²) in [7, 11) is 0. The molecule has 3 N–H and O–H groups in total. The lowest BCUT2D eigenvalue weighted by Gasteiger charge is -2.06. The Morgan fingerprint density at radius 1 is 1.35 bits per heavy atom. The summed E-state index contributed by atoms with van der Waals surface area (Å²) in [5, 5.41) is 8.70. The summed E-state index contributed by atoms with van der Waals surface area (Å²) in [4.78, 5) is 22.1. The summed E-state index contributed by atoms with van der Waals surface area (Å²) in [6, 6.07) is 5.99. The van der Waals surface area contributed by atoms with Crippen molar-refractivity contribution >= 4 is 22.8 Å². The van der Waals surface area contributed by atoms with Crippen LogP contribution < -0.4 is 5.73 Å². The molecule has 1 rings (SSSR count). The van der Waals surface area contributed by atoms with E-state index in [0.717, 1.165) is 11.3 Å². The first-order valence-corrected chi connectivity index (χ1v) is 6.27. The summed E-state index contributed by atoms with van der Waals surface area (Å²) >= 11 is 1.25. The summed E-state index contributed by atoms with van der Waals surface area (Å²) in [6.45, 7) is 1.92. The number of hydrogen-bond donors (Lipinski definition) is 2. The van der Waals surface area contributed by atoms with Crippen molar-refractivity contribution in [3.8, 4) is 0 Å². The predicted octanol–water partition coefficient (Wildman–Crippen LogP) is 1.53. The minimum absolute atomic E-state index is 0.0292. The number of hydrogen-bond acceptors (Lipinski definition) is 4. The first kappa shape index (κ1) is 13.7. The molecule has 17 heavy (non-hydrogen) atoms. The van der Waals surface area contributed by atoms with Gasteiger partial charge >= 0.3 is 5.97 Å². The quantitative estimate of drug-likeness (QED) is 0.832. The third-order valence-corrected chi connectivity index (χ3v) is 3.02. The molecule has 92 valence electrons. The van der Waals surface area contributed by atoms with Gasteiger partial charge in [0.15, 0.2) is 0 Å². The number of carbonyl (C=O) groups excluding carboxylic acids is 1. The van der Waals surface area contributed by atoms with E-state index in [9.17, 15) is 9.59 Å². The van der Waals surface area contributed by atoms with Gasteiger partial charge in [-0.2, -0.15) is 0 Å². The molecule has 0 aliphatic heterocycles. The van der Waals surface area contributed by atoms with Gasteiger partial charge in [0, 0.05) is 5.56 Å². The van der Waals surface area contributed by atoms with Crippen molar-refractivity contribution in [1.29, 1.82) is 0 Å². The van der Waals surface area contributed by atoms with Crippen molar-refractivity contribution in [2.75, 3.05) is 5.75 Å². The van der Waals surface area contributed by atoms with E-state index in [1.54, 1.807) is 24.3 Å². The lowest BCUT2D eigenvalue weighted by molar-refractivity contribution is -0.138. The van der Waals surface area contributed by atoms with Crippen LogP contribution in [0.25, 0.3) is 0 Å². The molecule has 0 heterocycles. The summed E-state index contributed by atoms with van der Waals surface area (Å²) in [6.07, 6.45) is 0.269. The van der Waals surface area contributed by atoms with Crippen LogP contribution in [0.3, 0.4) is 0 Å². The Morgan fingerprint density at radius 2 is 1.94 bits per heavy atom. The molecule has 0 radical (unpaired) electrons. The Morgan fingerprint density at radius 3 is 2.41 bits per heavy atom. The Bertz CT molecular complexity index is 403. The maximum absolute atomic E-state index is 11.5. The van der Waals surface area contributed by atoms with Gasteiger partial charge in [0.25, 0.3) is 0 Å². The molecule has 1 atom stereocenters. The molecule has 0 aliphatic carbocycles. The molecular weight excluding hydrogens is 238 g/mol. The van der Waals surface area contributed by atoms with Gasteiger partial charge in [-0.05, 0) is 17.7 Å². The van der Waals surface area contributed by atoms with Gasteiger partial charge in [0.05, 0.1) is 0 Å². The van der Waals surface area contributed by atoms with Crippen LogP contribution in [0, 0.1) is 0 Å². The molecule has 1 unspecified atom stereocenters. The highest BCUT2D eigenvalue weighted by atomic mass is 32.2. The van der Waals surface area contributed by atoms with Gasteiger partial charge in [-0.3, -0.25) is 9.59 Å². The fourth-order valence-corrected chi connectivity index (χ4v) is 1.90. The number of thioether (sulfide) groups is 1. The smallest absolute Gasteiger partial charge is 0.320 e. The fraction of sp³-hybridized carbons (Fsp3) is 0.333. The maximum atomic E-state index is 11.5. The normalized spacial score (nSPS) is 12.1. The van der Waals surface area contributed by atoms with Gasteiger partial charge < -0.3 is 10.8 Å². The van der Waals surface area contributed by atoms with Crippen LogP contribution in [0.2, 0.25) is 0 Å². The molecular formula is C12H15NO3S. The van der Waals surface area contributed by atoms with E-state index in [2.05, 4.69) is 0 Å². The zero-order valence-electron chi connectivity index (χ0n) is 9.55. The second kappa shape index (κ2) is 6.42. The molecule has 0 amide bonds. The van der Waals surface area contributed by atoms with Crippen molar-refractivity contribution in [1.82, 2.24) is 0 Å². The van der Waals surface area contributed by atoms with Crippen molar-refractivity contribution in [3.05, 3.63) is 35.4 Å². The third-order valence-electron chi connectivity index (χ3n) is 2.24. The van der Waals surface area contributed by atoms with Crippen molar-refractivity contribution in [3.63, 3.8) is 0 Å². The van der Waals surface area contributed by atoms with Crippen molar-refractivity contribution in [2.24, 2.45) is 5.73 Å². The van der Waals surface area contributed by atoms with Crippen LogP contribution >= 0.6 is 11.8 Å². The summed E-state index contributed by atoms with van der Waals surface area (Å²) in [5.74, 6) is -0.281. The number of benzene rings is 1. The highest BCUT2D eigenvalue weighted by Gasteiger charge is 2.12. The molecule has 4 nitrogen and oxygen atoms in total. The zero-order chi connectivity index (χ0) is 12.8. The largest absolute Gasteiger partial charge is 0.480 e. The summed E-state index contributed by atoms with van der Waals surface area (Å²) in [5.41, 5.74) is 6.87. The number of nitrogens with two attached hydrogens (primary N) is 1. The molecule has 0 saturated heterocycles. The molecule has 0 saturated carbocycles. The van der Waals surface area contributed by atoms with Crippen LogP contribution in [0.5, 0.6) is 0 Å². The van der Waals surface area contributed by atoms with Crippen LogP contribution in [0.15, 0.2) is 24.3 Å². The van der Waals surface area contributed by atoms with Gasteiger partial charge in [-0.25, -0.2) is 0 Å². The van der Waals surface area contributed by atoms with Crippen LogP contribution in [0.4, 0.5) is 0 Å². The monoisotopic (exact) mass is 253 g/mol. The van der Waals surface area contributed by atoms with E-state index >= 15 is 0 Å². The lowest BCUT2D eigenvalue weighted by Crippen LogP contribution is -2.32. The van der Waals surface area contributed by atoms with Gasteiger partial charge in [-0.1, -0.05) is 43.0 Å². The van der Waals surface area contributed by atoms with Crippen molar-refractivity contribution < 1.29 is 14.7 Å². The second-order valence-electron chi connectivity index (χ2n) is 3.57. The van der Waals surface area contributed by atoms with E-state index in [4.69, 9.17) is 10.8 Å². The molecule has 0 aromatic heterocycles. The van der Waals surface area contributed by atoms with E-state index in [0.29, 0.717) is 5.56 Å². The Labute approximate surface area is 104 Å². The van der Waals surface area contributed by atoms with E-state index in [1.807, 2.05) is 6.92 Å². The highest BCUT2D eigenvalue weighted by Crippen LogP contribution is 2.13. The molecule has 0 aliphatic rings. The molecule has 0 fully saturated rings. The minimum atomic E-state index is -1.02. The Balaban J connectivity index is 2.68. The van der Waals surface area contributed by atoms with Gasteiger partial charge in [0.1, 0.15) is 6.04 Å². The van der Waals surface area contributed by atoms with E-state index < -0.39 is 12.0 Å². The van der Waals surface area contributed by atoms with Crippen molar-refractivity contribution in [2.45, 2.75) is 19.4 Å². The third kappa shape index (κ3) is 4.20. The fourth-order valence-electron chi connectivity index (χ4n) is 1.33. The molecule has 1 aromatic carbocycles. The SMILES string of the molecule is CCSC(=O)c1ccc(CC(N)C(=O)O)cc1. The molecule has 5 heteroatoms. The minimum Gasteiger partial charge on any atom is -0.480 e. The number of carbonyl (C=O) groups is 2. The first-order valence-electron chi connectivity index (χ1n) is 5.29. The highest BCUT2D eigenvalue weighted by molar-refractivity contribution is 8.14. The second-order valence-corrected chi connectivity index (χ2v) is 4.80.